The van der Waals surface area contributed by atoms with Crippen molar-refractivity contribution in [1.29, 1.82) is 0 Å². The molecule has 124 valence electrons. The van der Waals surface area contributed by atoms with E-state index in [2.05, 4.69) is 15.3 Å². The number of carbonyl (C=O) groups excluding carboxylic acids is 1. The summed E-state index contributed by atoms with van der Waals surface area (Å²) in [5.41, 5.74) is 2.10. The maximum atomic E-state index is 12.6. The molecule has 2 aromatic heterocycles. The third-order valence-electron chi connectivity index (χ3n) is 3.88. The lowest BCUT2D eigenvalue weighted by Crippen LogP contribution is -2.35. The van der Waals surface area contributed by atoms with Crippen molar-refractivity contribution in [3.63, 3.8) is 0 Å². The maximum absolute atomic E-state index is 12.6. The first-order valence-electron chi connectivity index (χ1n) is 7.79. The lowest BCUT2D eigenvalue weighted by molar-refractivity contribution is 0.0936. The van der Waals surface area contributed by atoms with Gasteiger partial charge in [0.25, 0.3) is 5.91 Å². The lowest BCUT2D eigenvalue weighted by atomic mass is 10.1. The Morgan fingerprint density at radius 3 is 2.92 bits per heavy atom. The van der Waals surface area contributed by atoms with Crippen LogP contribution in [0.5, 0.6) is 5.75 Å². The monoisotopic (exact) mass is 324 g/mol. The van der Waals surface area contributed by atoms with Gasteiger partial charge in [-0.15, -0.1) is 0 Å². The smallest absolute Gasteiger partial charge is 0.253 e. The van der Waals surface area contributed by atoms with Crippen LogP contribution in [0.4, 0.5) is 0 Å². The van der Waals surface area contributed by atoms with E-state index < -0.39 is 0 Å². The molecule has 2 heterocycles. The number of carbonyl (C=O) groups is 1. The van der Waals surface area contributed by atoms with Gasteiger partial charge < -0.3 is 14.6 Å². The quantitative estimate of drug-likeness (QED) is 0.783. The summed E-state index contributed by atoms with van der Waals surface area (Å²) in [6.45, 7) is 4.48. The van der Waals surface area contributed by atoms with Crippen molar-refractivity contribution in [2.75, 3.05) is 7.11 Å². The van der Waals surface area contributed by atoms with Crippen LogP contribution in [0.2, 0.25) is 0 Å². The van der Waals surface area contributed by atoms with Gasteiger partial charge in [-0.3, -0.25) is 9.78 Å². The first-order valence-corrected chi connectivity index (χ1v) is 7.79. The molecule has 0 spiro atoms. The Hall–Kier alpha value is -2.89. The number of fused-ring (bicyclic) bond motifs is 1. The highest BCUT2D eigenvalue weighted by atomic mass is 16.5. The van der Waals surface area contributed by atoms with E-state index in [9.17, 15) is 4.79 Å². The third kappa shape index (κ3) is 3.37. The number of ether oxygens (including phenoxy) is 1. The molecule has 0 fully saturated rings. The average Bonchev–Trinajstić information content (AvgIpc) is 3.06. The molecular weight excluding hydrogens is 304 g/mol. The Balaban J connectivity index is 1.80. The predicted octanol–water partition coefficient (Wildman–Crippen LogP) is 2.57. The van der Waals surface area contributed by atoms with Crippen molar-refractivity contribution < 1.29 is 9.53 Å². The first-order chi connectivity index (χ1) is 11.6. The highest BCUT2D eigenvalue weighted by Gasteiger charge is 2.14. The van der Waals surface area contributed by atoms with Gasteiger partial charge >= 0.3 is 0 Å². The highest BCUT2D eigenvalue weighted by molar-refractivity contribution is 5.98. The minimum absolute atomic E-state index is 0.0161. The molecule has 0 unspecified atom stereocenters. The topological polar surface area (TPSA) is 69.0 Å². The predicted molar refractivity (Wildman–Crippen MR) is 92.2 cm³/mol. The van der Waals surface area contributed by atoms with Crippen LogP contribution in [0.15, 0.2) is 43.0 Å². The summed E-state index contributed by atoms with van der Waals surface area (Å²) in [4.78, 5) is 21.1. The van der Waals surface area contributed by atoms with Crippen LogP contribution in [0.25, 0.3) is 10.9 Å². The fraction of sp³-hybridized carbons (Fsp3) is 0.278. The number of pyridine rings is 1. The summed E-state index contributed by atoms with van der Waals surface area (Å²) in [6, 6.07) is 7.49. The SMILES string of the molecule is COc1ccc2cc(C(=O)N[C@H](C)Cn3ccnc3)c(C)nc2c1. The van der Waals surface area contributed by atoms with Gasteiger partial charge in [0.2, 0.25) is 0 Å². The van der Waals surface area contributed by atoms with Gasteiger partial charge in [0.15, 0.2) is 0 Å². The van der Waals surface area contributed by atoms with E-state index in [0.717, 1.165) is 16.7 Å². The molecule has 1 N–H and O–H groups in total. The summed E-state index contributed by atoms with van der Waals surface area (Å²) in [6.07, 6.45) is 5.33. The molecule has 0 aliphatic heterocycles. The number of benzene rings is 1. The van der Waals surface area contributed by atoms with Gasteiger partial charge in [0.05, 0.1) is 30.2 Å². The summed E-state index contributed by atoms with van der Waals surface area (Å²) < 4.78 is 7.15. The Bertz CT molecular complexity index is 859. The summed E-state index contributed by atoms with van der Waals surface area (Å²) in [5, 5.41) is 3.92. The number of methoxy groups -OCH3 is 1. The van der Waals surface area contributed by atoms with Gasteiger partial charge in [0, 0.05) is 36.4 Å². The van der Waals surface area contributed by atoms with E-state index in [0.29, 0.717) is 17.8 Å². The number of hydrogen-bond acceptors (Lipinski definition) is 4. The second-order valence-electron chi connectivity index (χ2n) is 5.81. The van der Waals surface area contributed by atoms with Crippen LogP contribution in [0.1, 0.15) is 23.0 Å². The van der Waals surface area contributed by atoms with Gasteiger partial charge in [-0.1, -0.05) is 0 Å². The number of rotatable bonds is 5. The standard InChI is InChI=1S/C18H20N4O2/c1-12(10-22-7-6-19-11-22)20-18(23)16-8-14-4-5-15(24-3)9-17(14)21-13(16)2/h4-9,11-12H,10H2,1-3H3,(H,20,23)/t12-/m1/s1. The van der Waals surface area contributed by atoms with Crippen LogP contribution in [0, 0.1) is 6.92 Å². The van der Waals surface area contributed by atoms with Crippen molar-refractivity contribution in [2.24, 2.45) is 0 Å². The van der Waals surface area contributed by atoms with Crippen molar-refractivity contribution in [1.82, 2.24) is 19.9 Å². The minimum atomic E-state index is -0.120. The van der Waals surface area contributed by atoms with E-state index in [1.807, 2.05) is 48.9 Å². The zero-order chi connectivity index (χ0) is 17.1. The largest absolute Gasteiger partial charge is 0.497 e. The number of nitrogens with one attached hydrogen (secondary N) is 1. The van der Waals surface area contributed by atoms with Crippen LogP contribution < -0.4 is 10.1 Å². The third-order valence-corrected chi connectivity index (χ3v) is 3.88. The molecular formula is C18H20N4O2. The van der Waals surface area contributed by atoms with E-state index in [-0.39, 0.29) is 11.9 Å². The zero-order valence-electron chi connectivity index (χ0n) is 14.0. The lowest BCUT2D eigenvalue weighted by Gasteiger charge is -2.15. The number of hydrogen-bond donors (Lipinski definition) is 1. The molecule has 0 aliphatic carbocycles. The molecule has 3 rings (SSSR count). The van der Waals surface area contributed by atoms with Crippen molar-refractivity contribution >= 4 is 16.8 Å². The van der Waals surface area contributed by atoms with Crippen LogP contribution in [-0.2, 0) is 6.54 Å². The second kappa shape index (κ2) is 6.70. The van der Waals surface area contributed by atoms with E-state index in [4.69, 9.17) is 4.74 Å². The molecule has 0 radical (unpaired) electrons. The van der Waals surface area contributed by atoms with Crippen molar-refractivity contribution in [3.05, 3.63) is 54.2 Å². The molecule has 1 atom stereocenters. The Morgan fingerprint density at radius 1 is 1.38 bits per heavy atom. The number of nitrogens with zero attached hydrogens (tertiary/aromatic N) is 3. The zero-order valence-corrected chi connectivity index (χ0v) is 14.0. The van der Waals surface area contributed by atoms with Crippen LogP contribution in [-0.4, -0.2) is 33.6 Å². The van der Waals surface area contributed by atoms with E-state index in [1.54, 1.807) is 19.6 Å². The Kier molecular flexibility index (Phi) is 4.46. The number of aromatic nitrogens is 3. The molecule has 6 nitrogen and oxygen atoms in total. The van der Waals surface area contributed by atoms with Gasteiger partial charge in [0.1, 0.15) is 5.75 Å². The minimum Gasteiger partial charge on any atom is -0.497 e. The number of imidazole rings is 1. The fourth-order valence-electron chi connectivity index (χ4n) is 2.66. The van der Waals surface area contributed by atoms with Gasteiger partial charge in [-0.25, -0.2) is 4.98 Å². The molecule has 0 saturated carbocycles. The van der Waals surface area contributed by atoms with Gasteiger partial charge in [-0.2, -0.15) is 0 Å². The van der Waals surface area contributed by atoms with Crippen LogP contribution >= 0.6 is 0 Å². The molecule has 6 heteroatoms. The Morgan fingerprint density at radius 2 is 2.21 bits per heavy atom. The number of aryl methyl sites for hydroxylation is 1. The molecule has 0 aliphatic rings. The molecule has 1 aromatic carbocycles. The molecule has 3 aromatic rings. The van der Waals surface area contributed by atoms with Crippen molar-refractivity contribution in [2.45, 2.75) is 26.4 Å². The molecule has 0 saturated heterocycles. The summed E-state index contributed by atoms with van der Waals surface area (Å²) >= 11 is 0. The van der Waals surface area contributed by atoms with Crippen molar-refractivity contribution in [3.8, 4) is 5.75 Å². The summed E-state index contributed by atoms with van der Waals surface area (Å²) in [5.74, 6) is 0.630. The van der Waals surface area contributed by atoms with E-state index >= 15 is 0 Å². The molecule has 24 heavy (non-hydrogen) atoms. The maximum Gasteiger partial charge on any atom is 0.253 e. The van der Waals surface area contributed by atoms with Crippen LogP contribution in [0.3, 0.4) is 0 Å². The highest BCUT2D eigenvalue weighted by Crippen LogP contribution is 2.21. The van der Waals surface area contributed by atoms with Gasteiger partial charge in [-0.05, 0) is 32.0 Å². The normalized spacial score (nSPS) is 12.1. The number of amides is 1. The second-order valence-corrected chi connectivity index (χ2v) is 5.81. The fourth-order valence-corrected chi connectivity index (χ4v) is 2.66. The molecule has 0 bridgehead atoms. The average molecular weight is 324 g/mol. The molecule has 1 amide bonds. The van der Waals surface area contributed by atoms with E-state index in [1.165, 1.54) is 0 Å². The first kappa shape index (κ1) is 16.0. The summed E-state index contributed by atoms with van der Waals surface area (Å²) in [7, 11) is 1.62. The Labute approximate surface area is 140 Å².